The SMILES string of the molecule is CCOc1ncc(C)cc1NC(=O)N1CCC2(CCC2)S(=O)(=O)CC1. The number of aromatic nitrogens is 1. The fourth-order valence-corrected chi connectivity index (χ4v) is 5.69. The normalized spacial score (nSPS) is 21.3. The van der Waals surface area contributed by atoms with Crippen molar-refractivity contribution in [1.29, 1.82) is 0 Å². The van der Waals surface area contributed by atoms with Crippen LogP contribution in [0.15, 0.2) is 12.3 Å². The Hall–Kier alpha value is -1.83. The van der Waals surface area contributed by atoms with Gasteiger partial charge in [-0.05, 0) is 44.7 Å². The monoisotopic (exact) mass is 367 g/mol. The molecule has 1 N–H and O–H groups in total. The van der Waals surface area contributed by atoms with Gasteiger partial charge in [-0.15, -0.1) is 0 Å². The first-order valence-corrected chi connectivity index (χ1v) is 10.4. The lowest BCUT2D eigenvalue weighted by Crippen LogP contribution is -2.46. The predicted molar refractivity (Wildman–Crippen MR) is 95.7 cm³/mol. The molecule has 2 fully saturated rings. The fraction of sp³-hybridized carbons (Fsp3) is 0.647. The minimum Gasteiger partial charge on any atom is -0.476 e. The first-order valence-electron chi connectivity index (χ1n) is 8.74. The van der Waals surface area contributed by atoms with Crippen LogP contribution in [-0.4, -0.2) is 54.5 Å². The van der Waals surface area contributed by atoms with Crippen LogP contribution >= 0.6 is 0 Å². The van der Waals surface area contributed by atoms with Crippen molar-refractivity contribution in [2.45, 2.75) is 44.3 Å². The van der Waals surface area contributed by atoms with Gasteiger partial charge >= 0.3 is 6.03 Å². The predicted octanol–water partition coefficient (Wildman–Crippen LogP) is 2.36. The number of hydrogen-bond acceptors (Lipinski definition) is 5. The molecule has 25 heavy (non-hydrogen) atoms. The molecular weight excluding hydrogens is 342 g/mol. The van der Waals surface area contributed by atoms with Gasteiger partial charge in [-0.25, -0.2) is 18.2 Å². The molecule has 1 aromatic heterocycles. The summed E-state index contributed by atoms with van der Waals surface area (Å²) in [6.45, 7) is 4.86. The van der Waals surface area contributed by atoms with Crippen LogP contribution in [0.4, 0.5) is 10.5 Å². The van der Waals surface area contributed by atoms with E-state index in [0.29, 0.717) is 31.1 Å². The number of carbonyl (C=O) groups is 1. The van der Waals surface area contributed by atoms with Gasteiger partial charge in [-0.3, -0.25) is 0 Å². The molecule has 0 unspecified atom stereocenters. The largest absolute Gasteiger partial charge is 0.476 e. The summed E-state index contributed by atoms with van der Waals surface area (Å²) in [6, 6.07) is 1.50. The number of pyridine rings is 1. The molecule has 1 aromatic rings. The molecule has 7 nitrogen and oxygen atoms in total. The van der Waals surface area contributed by atoms with Crippen LogP contribution in [0.5, 0.6) is 5.88 Å². The second-order valence-electron chi connectivity index (χ2n) is 6.82. The Morgan fingerprint density at radius 1 is 1.36 bits per heavy atom. The molecule has 1 aliphatic heterocycles. The molecule has 0 radical (unpaired) electrons. The third-order valence-corrected chi connectivity index (χ3v) is 7.84. The summed E-state index contributed by atoms with van der Waals surface area (Å²) in [5.41, 5.74) is 1.42. The highest BCUT2D eigenvalue weighted by Crippen LogP contribution is 2.44. The van der Waals surface area contributed by atoms with Crippen LogP contribution < -0.4 is 10.1 Å². The molecule has 2 aliphatic rings. The Labute approximate surface area is 148 Å². The van der Waals surface area contributed by atoms with Crippen molar-refractivity contribution in [1.82, 2.24) is 9.88 Å². The van der Waals surface area contributed by atoms with Gasteiger partial charge in [0.2, 0.25) is 5.88 Å². The molecule has 1 aliphatic carbocycles. The van der Waals surface area contributed by atoms with E-state index in [9.17, 15) is 13.2 Å². The maximum absolute atomic E-state index is 12.7. The number of sulfone groups is 1. The average molecular weight is 367 g/mol. The molecule has 2 heterocycles. The maximum atomic E-state index is 12.7. The second-order valence-corrected chi connectivity index (χ2v) is 9.32. The van der Waals surface area contributed by atoms with E-state index in [0.717, 1.165) is 24.8 Å². The second kappa shape index (κ2) is 6.82. The molecule has 0 bridgehead atoms. The molecule has 1 saturated carbocycles. The molecule has 0 aromatic carbocycles. The van der Waals surface area contributed by atoms with Crippen molar-refractivity contribution in [3.8, 4) is 5.88 Å². The Bertz CT molecular complexity index is 759. The number of urea groups is 1. The van der Waals surface area contributed by atoms with Crippen LogP contribution in [0.2, 0.25) is 0 Å². The van der Waals surface area contributed by atoms with E-state index in [-0.39, 0.29) is 18.3 Å². The zero-order valence-electron chi connectivity index (χ0n) is 14.7. The minimum absolute atomic E-state index is 0.0325. The molecular formula is C17H25N3O4S. The highest BCUT2D eigenvalue weighted by atomic mass is 32.2. The summed E-state index contributed by atoms with van der Waals surface area (Å²) in [7, 11) is -3.14. The standard InChI is InChI=1S/C17H25N3O4S/c1-3-24-15-14(11-13(2)12-18-15)19-16(21)20-8-7-17(5-4-6-17)25(22,23)10-9-20/h11-12H,3-10H2,1-2H3,(H,19,21). The fourth-order valence-electron chi connectivity index (χ4n) is 3.48. The smallest absolute Gasteiger partial charge is 0.322 e. The summed E-state index contributed by atoms with van der Waals surface area (Å²) in [5, 5.41) is 2.83. The lowest BCUT2D eigenvalue weighted by atomic mass is 9.81. The molecule has 3 rings (SSSR count). The van der Waals surface area contributed by atoms with Crippen LogP contribution in [0, 0.1) is 6.92 Å². The van der Waals surface area contributed by atoms with Gasteiger partial charge in [-0.1, -0.05) is 6.42 Å². The molecule has 2 amide bonds. The van der Waals surface area contributed by atoms with E-state index >= 15 is 0 Å². The number of anilines is 1. The number of nitrogens with zero attached hydrogens (tertiary/aromatic N) is 2. The third-order valence-electron chi connectivity index (χ3n) is 5.19. The molecule has 1 saturated heterocycles. The van der Waals surface area contributed by atoms with Crippen molar-refractivity contribution >= 4 is 21.6 Å². The Morgan fingerprint density at radius 2 is 2.12 bits per heavy atom. The summed E-state index contributed by atoms with van der Waals surface area (Å²) < 4.78 is 29.9. The maximum Gasteiger partial charge on any atom is 0.322 e. The first-order chi connectivity index (χ1) is 11.9. The number of ether oxygens (including phenoxy) is 1. The minimum atomic E-state index is -3.14. The lowest BCUT2D eigenvalue weighted by molar-refractivity contribution is 0.209. The van der Waals surface area contributed by atoms with Gasteiger partial charge < -0.3 is 15.0 Å². The summed E-state index contributed by atoms with van der Waals surface area (Å²) >= 11 is 0. The Morgan fingerprint density at radius 3 is 2.76 bits per heavy atom. The number of carbonyl (C=O) groups excluding carboxylic acids is 1. The Kier molecular flexibility index (Phi) is 4.90. The number of nitrogens with one attached hydrogen (secondary N) is 1. The Balaban J connectivity index is 1.73. The molecule has 8 heteroatoms. The van der Waals surface area contributed by atoms with E-state index in [1.165, 1.54) is 0 Å². The van der Waals surface area contributed by atoms with Crippen LogP contribution in [0.1, 0.15) is 38.2 Å². The molecule has 0 atom stereocenters. The van der Waals surface area contributed by atoms with E-state index < -0.39 is 14.6 Å². The zero-order chi connectivity index (χ0) is 18.1. The zero-order valence-corrected chi connectivity index (χ0v) is 15.6. The van der Waals surface area contributed by atoms with Crippen molar-refractivity contribution < 1.29 is 17.9 Å². The number of aryl methyl sites for hydroxylation is 1. The molecule has 138 valence electrons. The van der Waals surface area contributed by atoms with E-state index in [2.05, 4.69) is 10.3 Å². The van der Waals surface area contributed by atoms with Crippen molar-refractivity contribution in [2.75, 3.05) is 30.8 Å². The topological polar surface area (TPSA) is 88.6 Å². The quantitative estimate of drug-likeness (QED) is 0.886. The van der Waals surface area contributed by atoms with Crippen LogP contribution in [0.3, 0.4) is 0 Å². The van der Waals surface area contributed by atoms with Crippen LogP contribution in [0.25, 0.3) is 0 Å². The van der Waals surface area contributed by atoms with Crippen LogP contribution in [-0.2, 0) is 9.84 Å². The van der Waals surface area contributed by atoms with E-state index in [4.69, 9.17) is 4.74 Å². The number of amides is 2. The van der Waals surface area contributed by atoms with E-state index in [1.54, 1.807) is 17.2 Å². The van der Waals surface area contributed by atoms with Gasteiger partial charge in [0.25, 0.3) is 0 Å². The third kappa shape index (κ3) is 3.44. The summed E-state index contributed by atoms with van der Waals surface area (Å²) in [4.78, 5) is 18.4. The van der Waals surface area contributed by atoms with Crippen molar-refractivity contribution in [3.05, 3.63) is 17.8 Å². The summed E-state index contributed by atoms with van der Waals surface area (Å²) in [5.74, 6) is 0.407. The first kappa shape index (κ1) is 18.0. The van der Waals surface area contributed by atoms with E-state index in [1.807, 2.05) is 13.8 Å². The van der Waals surface area contributed by atoms with Crippen molar-refractivity contribution in [2.24, 2.45) is 0 Å². The lowest BCUT2D eigenvalue weighted by Gasteiger charge is -2.39. The van der Waals surface area contributed by atoms with Crippen molar-refractivity contribution in [3.63, 3.8) is 0 Å². The van der Waals surface area contributed by atoms with Gasteiger partial charge in [0.15, 0.2) is 9.84 Å². The number of hydrogen-bond donors (Lipinski definition) is 1. The highest BCUT2D eigenvalue weighted by molar-refractivity contribution is 7.92. The highest BCUT2D eigenvalue weighted by Gasteiger charge is 2.49. The van der Waals surface area contributed by atoms with Gasteiger partial charge in [-0.2, -0.15) is 0 Å². The average Bonchev–Trinajstić information content (AvgIpc) is 2.65. The summed E-state index contributed by atoms with van der Waals surface area (Å²) in [6.07, 6.45) is 4.60. The van der Waals surface area contributed by atoms with Gasteiger partial charge in [0.1, 0.15) is 5.69 Å². The molecule has 1 spiro atoms. The number of rotatable bonds is 3. The van der Waals surface area contributed by atoms with Gasteiger partial charge in [0, 0.05) is 19.3 Å². The van der Waals surface area contributed by atoms with Gasteiger partial charge in [0.05, 0.1) is 17.1 Å².